The summed E-state index contributed by atoms with van der Waals surface area (Å²) < 4.78 is 4.98. The van der Waals surface area contributed by atoms with E-state index in [1.807, 2.05) is 23.7 Å². The average molecular weight is 373 g/mol. The molecule has 1 aliphatic rings. The molecule has 138 valence electrons. The van der Waals surface area contributed by atoms with Crippen LogP contribution in [-0.2, 0) is 11.3 Å². The Kier molecular flexibility index (Phi) is 6.06. The van der Waals surface area contributed by atoms with E-state index >= 15 is 0 Å². The molecule has 0 atom stereocenters. The number of guanidine groups is 1. The van der Waals surface area contributed by atoms with Gasteiger partial charge >= 0.3 is 5.97 Å². The molecule has 7 nitrogen and oxygen atoms in total. The number of hydrogen-bond donors (Lipinski definition) is 1. The van der Waals surface area contributed by atoms with E-state index in [0.29, 0.717) is 24.7 Å². The van der Waals surface area contributed by atoms with E-state index in [1.54, 1.807) is 30.4 Å². The molecular weight excluding hydrogens is 350 g/mol. The lowest BCUT2D eigenvalue weighted by Crippen LogP contribution is -2.51. The number of benzene rings is 1. The number of anilines is 1. The number of rotatable bonds is 5. The van der Waals surface area contributed by atoms with Crippen molar-refractivity contribution in [3.05, 3.63) is 47.0 Å². The van der Waals surface area contributed by atoms with E-state index < -0.39 is 0 Å². The Morgan fingerprint density at radius 3 is 2.62 bits per heavy atom. The number of esters is 1. The monoisotopic (exact) mass is 373 g/mol. The fourth-order valence-corrected chi connectivity index (χ4v) is 3.43. The third-order valence-corrected chi connectivity index (χ3v) is 5.01. The van der Waals surface area contributed by atoms with Gasteiger partial charge in [0, 0.05) is 37.8 Å². The van der Waals surface area contributed by atoms with E-state index in [-0.39, 0.29) is 5.97 Å². The first kappa shape index (κ1) is 18.2. The number of carbonyl (C=O) groups excluding carboxylic acids is 1. The molecule has 3 rings (SSSR count). The Morgan fingerprint density at radius 2 is 2.00 bits per heavy atom. The first-order valence-corrected chi connectivity index (χ1v) is 9.50. The number of nitrogens with zero attached hydrogens (tertiary/aromatic N) is 4. The lowest BCUT2D eigenvalue weighted by Gasteiger charge is -2.35. The van der Waals surface area contributed by atoms with Crippen molar-refractivity contribution in [1.29, 1.82) is 0 Å². The predicted molar refractivity (Wildman–Crippen MR) is 104 cm³/mol. The molecule has 0 unspecified atom stereocenters. The van der Waals surface area contributed by atoms with Gasteiger partial charge in [0.15, 0.2) is 11.1 Å². The summed E-state index contributed by atoms with van der Waals surface area (Å²) in [5.74, 6) is 0.249. The molecule has 1 fully saturated rings. The third-order valence-electron chi connectivity index (χ3n) is 4.18. The van der Waals surface area contributed by atoms with Gasteiger partial charge in [-0.2, -0.15) is 0 Å². The van der Waals surface area contributed by atoms with Crippen molar-refractivity contribution in [1.82, 2.24) is 9.88 Å². The van der Waals surface area contributed by atoms with Crippen LogP contribution in [0.15, 0.2) is 40.8 Å². The van der Waals surface area contributed by atoms with Gasteiger partial charge in [-0.25, -0.2) is 14.8 Å². The maximum Gasteiger partial charge on any atom is 0.338 e. The Balaban J connectivity index is 1.51. The lowest BCUT2D eigenvalue weighted by molar-refractivity contribution is 0.0526. The number of piperazine rings is 1. The predicted octanol–water partition coefficient (Wildman–Crippen LogP) is 1.96. The first-order chi connectivity index (χ1) is 12.7. The fourth-order valence-electron chi connectivity index (χ4n) is 2.73. The number of nitrogens with two attached hydrogens (primary N) is 1. The molecule has 0 amide bonds. The number of hydrogen-bond acceptors (Lipinski definition) is 6. The molecule has 0 radical (unpaired) electrons. The van der Waals surface area contributed by atoms with Crippen molar-refractivity contribution >= 4 is 28.4 Å². The normalized spacial score (nSPS) is 15.2. The molecule has 0 bridgehead atoms. The quantitative estimate of drug-likeness (QED) is 0.490. The largest absolute Gasteiger partial charge is 0.462 e. The molecular formula is C18H23N5O2S. The van der Waals surface area contributed by atoms with Crippen LogP contribution < -0.4 is 10.6 Å². The molecule has 1 saturated heterocycles. The topological polar surface area (TPSA) is 84.0 Å². The van der Waals surface area contributed by atoms with E-state index in [9.17, 15) is 4.79 Å². The number of carbonyl (C=O) groups is 1. The first-order valence-electron chi connectivity index (χ1n) is 8.62. The molecule has 2 aromatic rings. The molecule has 8 heteroatoms. The van der Waals surface area contributed by atoms with Gasteiger partial charge < -0.3 is 20.3 Å². The molecule has 26 heavy (non-hydrogen) atoms. The highest BCUT2D eigenvalue weighted by atomic mass is 32.1. The summed E-state index contributed by atoms with van der Waals surface area (Å²) in [7, 11) is 0. The summed E-state index contributed by atoms with van der Waals surface area (Å²) in [6, 6.07) is 7.27. The second-order valence-electron chi connectivity index (χ2n) is 5.88. The Bertz CT molecular complexity index is 737. The van der Waals surface area contributed by atoms with Gasteiger partial charge in [-0.3, -0.25) is 0 Å². The summed E-state index contributed by atoms with van der Waals surface area (Å²) in [6.07, 6.45) is 1.83. The van der Waals surface area contributed by atoms with Crippen LogP contribution in [0.4, 0.5) is 5.13 Å². The van der Waals surface area contributed by atoms with E-state index in [2.05, 4.69) is 19.8 Å². The van der Waals surface area contributed by atoms with Crippen LogP contribution in [0.1, 0.15) is 22.8 Å². The number of aliphatic imine (C=N–C) groups is 1. The zero-order chi connectivity index (χ0) is 18.4. The van der Waals surface area contributed by atoms with Gasteiger partial charge in [-0.1, -0.05) is 12.1 Å². The lowest BCUT2D eigenvalue weighted by atomic mass is 10.1. The molecule has 2 heterocycles. The summed E-state index contributed by atoms with van der Waals surface area (Å²) in [6.45, 7) is 6.09. The minimum absolute atomic E-state index is 0.305. The van der Waals surface area contributed by atoms with Crippen molar-refractivity contribution in [2.45, 2.75) is 13.5 Å². The zero-order valence-electron chi connectivity index (χ0n) is 14.8. The van der Waals surface area contributed by atoms with Gasteiger partial charge in [-0.15, -0.1) is 11.3 Å². The maximum absolute atomic E-state index is 11.7. The SMILES string of the molecule is CCOC(=O)c1ccc(CN=C(N)N2CCN(c3nccs3)CC2)cc1. The van der Waals surface area contributed by atoms with E-state index in [1.165, 1.54) is 0 Å². The van der Waals surface area contributed by atoms with Crippen molar-refractivity contribution < 1.29 is 9.53 Å². The van der Waals surface area contributed by atoms with Gasteiger partial charge in [0.2, 0.25) is 0 Å². The standard InChI is InChI=1S/C18H23N5O2S/c1-2-25-16(24)15-5-3-14(4-6-15)13-21-17(19)22-8-10-23(11-9-22)18-20-7-12-26-18/h3-7,12H,2,8-11,13H2,1H3,(H2,19,21). The highest BCUT2D eigenvalue weighted by Crippen LogP contribution is 2.18. The molecule has 1 aromatic heterocycles. The minimum Gasteiger partial charge on any atom is -0.462 e. The molecule has 1 aliphatic heterocycles. The van der Waals surface area contributed by atoms with Crippen molar-refractivity contribution in [2.75, 3.05) is 37.7 Å². The van der Waals surface area contributed by atoms with E-state index in [4.69, 9.17) is 10.5 Å². The summed E-state index contributed by atoms with van der Waals surface area (Å²) in [4.78, 5) is 24.9. The summed E-state index contributed by atoms with van der Waals surface area (Å²) in [5.41, 5.74) is 7.70. The highest BCUT2D eigenvalue weighted by molar-refractivity contribution is 7.13. The van der Waals surface area contributed by atoms with Crippen LogP contribution in [0.3, 0.4) is 0 Å². The highest BCUT2D eigenvalue weighted by Gasteiger charge is 2.19. The molecule has 0 saturated carbocycles. The van der Waals surface area contributed by atoms with Crippen molar-refractivity contribution in [2.24, 2.45) is 10.7 Å². The number of ether oxygens (including phenoxy) is 1. The van der Waals surface area contributed by atoms with Crippen LogP contribution in [0, 0.1) is 0 Å². The van der Waals surface area contributed by atoms with Crippen molar-refractivity contribution in [3.63, 3.8) is 0 Å². The maximum atomic E-state index is 11.7. The minimum atomic E-state index is -0.305. The Labute approximate surface area is 157 Å². The Morgan fingerprint density at radius 1 is 1.27 bits per heavy atom. The second-order valence-corrected chi connectivity index (χ2v) is 6.75. The third kappa shape index (κ3) is 4.51. The van der Waals surface area contributed by atoms with E-state index in [0.717, 1.165) is 36.9 Å². The van der Waals surface area contributed by atoms with Gasteiger partial charge in [0.05, 0.1) is 18.7 Å². The second kappa shape index (κ2) is 8.66. The smallest absolute Gasteiger partial charge is 0.338 e. The van der Waals surface area contributed by atoms with Crippen LogP contribution in [-0.4, -0.2) is 54.6 Å². The van der Waals surface area contributed by atoms with Gasteiger partial charge in [0.25, 0.3) is 0 Å². The molecule has 1 aromatic carbocycles. The van der Waals surface area contributed by atoms with Crippen LogP contribution >= 0.6 is 11.3 Å². The molecule has 0 aliphatic carbocycles. The average Bonchev–Trinajstić information content (AvgIpc) is 3.21. The van der Waals surface area contributed by atoms with Gasteiger partial charge in [-0.05, 0) is 24.6 Å². The Hall–Kier alpha value is -2.61. The fraction of sp³-hybridized carbons (Fsp3) is 0.389. The van der Waals surface area contributed by atoms with Gasteiger partial charge in [0.1, 0.15) is 0 Å². The summed E-state index contributed by atoms with van der Waals surface area (Å²) in [5, 5.41) is 3.05. The number of thiazole rings is 1. The molecule has 2 N–H and O–H groups in total. The van der Waals surface area contributed by atoms with Crippen molar-refractivity contribution in [3.8, 4) is 0 Å². The van der Waals surface area contributed by atoms with Crippen LogP contribution in [0.25, 0.3) is 0 Å². The van der Waals surface area contributed by atoms with Crippen LogP contribution in [0.2, 0.25) is 0 Å². The zero-order valence-corrected chi connectivity index (χ0v) is 15.6. The summed E-state index contributed by atoms with van der Waals surface area (Å²) >= 11 is 1.65. The molecule has 0 spiro atoms. The van der Waals surface area contributed by atoms with Crippen LogP contribution in [0.5, 0.6) is 0 Å². The number of aromatic nitrogens is 1.